The van der Waals surface area contributed by atoms with Gasteiger partial charge in [0.25, 0.3) is 5.91 Å². The van der Waals surface area contributed by atoms with Gasteiger partial charge in [0, 0.05) is 11.4 Å². The van der Waals surface area contributed by atoms with Crippen LogP contribution in [0.25, 0.3) is 10.8 Å². The Morgan fingerprint density at radius 1 is 1.04 bits per heavy atom. The zero-order chi connectivity index (χ0) is 17.8. The van der Waals surface area contributed by atoms with Gasteiger partial charge in [0.2, 0.25) is 0 Å². The van der Waals surface area contributed by atoms with Crippen LogP contribution in [0.5, 0.6) is 5.75 Å². The molecule has 1 aliphatic carbocycles. The van der Waals surface area contributed by atoms with Crippen molar-refractivity contribution in [2.75, 3.05) is 6.61 Å². The summed E-state index contributed by atoms with van der Waals surface area (Å²) in [6.45, 7) is 0.556. The van der Waals surface area contributed by atoms with Crippen LogP contribution in [0.3, 0.4) is 0 Å². The number of hydrogen-bond donors (Lipinski definition) is 0. The van der Waals surface area contributed by atoms with E-state index in [9.17, 15) is 4.79 Å². The van der Waals surface area contributed by atoms with Gasteiger partial charge in [0.05, 0.1) is 12.8 Å². The molecule has 4 rings (SSSR count). The number of nitrogens with zero attached hydrogens (tertiary/aromatic N) is 1. The Morgan fingerprint density at radius 2 is 1.85 bits per heavy atom. The van der Waals surface area contributed by atoms with Crippen molar-refractivity contribution in [1.29, 1.82) is 0 Å². The van der Waals surface area contributed by atoms with Crippen LogP contribution < -0.4 is 4.74 Å². The maximum Gasteiger partial charge on any atom is 0.261 e. The van der Waals surface area contributed by atoms with E-state index >= 15 is 0 Å². The zero-order valence-electron chi connectivity index (χ0n) is 14.8. The number of benzene rings is 2. The van der Waals surface area contributed by atoms with Gasteiger partial charge in [-0.2, -0.15) is 0 Å². The molecule has 3 aromatic rings. The second-order valence-corrected chi connectivity index (χ2v) is 6.81. The standard InChI is InChI=1S/C22H23NO3/c24-22(16-26-21-13-5-8-17-7-1-4-12-20(17)21)23(18-9-2-3-10-18)15-19-11-6-14-25-19/h1,4-8,11-14,18H,2-3,9-10,15-16H2. The van der Waals surface area contributed by atoms with Gasteiger partial charge in [0.15, 0.2) is 6.61 Å². The van der Waals surface area contributed by atoms with E-state index in [4.69, 9.17) is 9.15 Å². The number of rotatable bonds is 6. The van der Waals surface area contributed by atoms with Crippen LogP contribution in [0.15, 0.2) is 65.3 Å². The molecule has 0 spiro atoms. The van der Waals surface area contributed by atoms with Crippen molar-refractivity contribution in [3.8, 4) is 5.75 Å². The summed E-state index contributed by atoms with van der Waals surface area (Å²) in [4.78, 5) is 14.9. The smallest absolute Gasteiger partial charge is 0.261 e. The molecule has 0 radical (unpaired) electrons. The summed E-state index contributed by atoms with van der Waals surface area (Å²) in [5.41, 5.74) is 0. The number of ether oxygens (including phenoxy) is 1. The molecule has 0 aliphatic heterocycles. The van der Waals surface area contributed by atoms with Gasteiger partial charge in [-0.05, 0) is 36.4 Å². The lowest BCUT2D eigenvalue weighted by Crippen LogP contribution is -2.41. The fraction of sp³-hybridized carbons (Fsp3) is 0.318. The van der Waals surface area contributed by atoms with E-state index in [2.05, 4.69) is 0 Å². The van der Waals surface area contributed by atoms with Gasteiger partial charge in [-0.3, -0.25) is 4.79 Å². The van der Waals surface area contributed by atoms with Crippen molar-refractivity contribution in [3.63, 3.8) is 0 Å². The number of furan rings is 1. The molecule has 0 atom stereocenters. The largest absolute Gasteiger partial charge is 0.483 e. The lowest BCUT2D eigenvalue weighted by Gasteiger charge is -2.28. The normalized spacial score (nSPS) is 14.6. The van der Waals surface area contributed by atoms with Crippen LogP contribution >= 0.6 is 0 Å². The van der Waals surface area contributed by atoms with E-state index in [1.54, 1.807) is 6.26 Å². The molecule has 0 bridgehead atoms. The van der Waals surface area contributed by atoms with E-state index in [1.807, 2.05) is 59.5 Å². The Morgan fingerprint density at radius 3 is 2.65 bits per heavy atom. The van der Waals surface area contributed by atoms with Crippen molar-refractivity contribution in [2.24, 2.45) is 0 Å². The highest BCUT2D eigenvalue weighted by atomic mass is 16.5. The zero-order valence-corrected chi connectivity index (χ0v) is 14.8. The fourth-order valence-electron chi connectivity index (χ4n) is 3.75. The molecule has 134 valence electrons. The van der Waals surface area contributed by atoms with Crippen LogP contribution in [0.4, 0.5) is 0 Å². The maximum absolute atomic E-state index is 12.9. The molecular weight excluding hydrogens is 326 g/mol. The van der Waals surface area contributed by atoms with Gasteiger partial charge < -0.3 is 14.1 Å². The topological polar surface area (TPSA) is 42.7 Å². The summed E-state index contributed by atoms with van der Waals surface area (Å²) in [7, 11) is 0. The van der Waals surface area contributed by atoms with E-state index in [0.717, 1.165) is 35.1 Å². The molecule has 1 amide bonds. The minimum absolute atomic E-state index is 0.0150. The average Bonchev–Trinajstić information content (AvgIpc) is 3.38. The fourth-order valence-corrected chi connectivity index (χ4v) is 3.75. The van der Waals surface area contributed by atoms with E-state index in [0.29, 0.717) is 6.54 Å². The monoisotopic (exact) mass is 349 g/mol. The molecule has 0 saturated heterocycles. The second-order valence-electron chi connectivity index (χ2n) is 6.81. The summed E-state index contributed by atoms with van der Waals surface area (Å²) < 4.78 is 11.4. The Labute approximate surface area is 153 Å². The molecular formula is C22H23NO3. The van der Waals surface area contributed by atoms with E-state index in [1.165, 1.54) is 12.8 Å². The summed E-state index contributed by atoms with van der Waals surface area (Å²) in [6.07, 6.45) is 6.12. The van der Waals surface area contributed by atoms with E-state index < -0.39 is 0 Å². The van der Waals surface area contributed by atoms with Crippen molar-refractivity contribution >= 4 is 16.7 Å². The molecule has 1 aromatic heterocycles. The lowest BCUT2D eigenvalue weighted by atomic mass is 10.1. The van der Waals surface area contributed by atoms with Crippen LogP contribution in [0.1, 0.15) is 31.4 Å². The first-order valence-electron chi connectivity index (χ1n) is 9.24. The highest BCUT2D eigenvalue weighted by Crippen LogP contribution is 2.27. The summed E-state index contributed by atoms with van der Waals surface area (Å²) in [5.74, 6) is 1.58. The van der Waals surface area contributed by atoms with Crippen molar-refractivity contribution < 1.29 is 13.9 Å². The van der Waals surface area contributed by atoms with E-state index in [-0.39, 0.29) is 18.6 Å². The quantitative estimate of drug-likeness (QED) is 0.643. The number of fused-ring (bicyclic) bond motifs is 1. The Kier molecular flexibility index (Phi) is 4.91. The predicted octanol–water partition coefficient (Wildman–Crippen LogP) is 4.78. The third-order valence-corrected chi connectivity index (χ3v) is 5.09. The number of amides is 1. The predicted molar refractivity (Wildman–Crippen MR) is 101 cm³/mol. The van der Waals surface area contributed by atoms with Gasteiger partial charge in [0.1, 0.15) is 11.5 Å². The highest BCUT2D eigenvalue weighted by molar-refractivity contribution is 5.88. The molecule has 1 fully saturated rings. The number of hydrogen-bond acceptors (Lipinski definition) is 3. The molecule has 4 nitrogen and oxygen atoms in total. The molecule has 0 unspecified atom stereocenters. The van der Waals surface area contributed by atoms with Crippen LogP contribution in [0, 0.1) is 0 Å². The number of carbonyl (C=O) groups is 1. The minimum atomic E-state index is 0.0150. The molecule has 0 N–H and O–H groups in total. The molecule has 2 aromatic carbocycles. The van der Waals surface area contributed by atoms with Crippen molar-refractivity contribution in [2.45, 2.75) is 38.3 Å². The molecule has 4 heteroatoms. The van der Waals surface area contributed by atoms with Gasteiger partial charge >= 0.3 is 0 Å². The Bertz CT molecular complexity index is 861. The molecule has 1 heterocycles. The van der Waals surface area contributed by atoms with Gasteiger partial charge in [-0.1, -0.05) is 49.2 Å². The van der Waals surface area contributed by atoms with Crippen molar-refractivity contribution in [3.05, 3.63) is 66.6 Å². The lowest BCUT2D eigenvalue weighted by molar-refractivity contribution is -0.136. The third kappa shape index (κ3) is 3.59. The Hall–Kier alpha value is -2.75. The summed E-state index contributed by atoms with van der Waals surface area (Å²) >= 11 is 0. The van der Waals surface area contributed by atoms with Crippen LogP contribution in [-0.2, 0) is 11.3 Å². The first-order valence-corrected chi connectivity index (χ1v) is 9.24. The summed E-state index contributed by atoms with van der Waals surface area (Å²) in [6, 6.07) is 18.0. The first-order chi connectivity index (χ1) is 12.8. The van der Waals surface area contributed by atoms with Crippen LogP contribution in [0.2, 0.25) is 0 Å². The first kappa shape index (κ1) is 16.7. The van der Waals surface area contributed by atoms with Gasteiger partial charge in [-0.15, -0.1) is 0 Å². The van der Waals surface area contributed by atoms with Gasteiger partial charge in [-0.25, -0.2) is 0 Å². The minimum Gasteiger partial charge on any atom is -0.483 e. The second kappa shape index (κ2) is 7.65. The third-order valence-electron chi connectivity index (χ3n) is 5.09. The molecule has 1 aliphatic rings. The molecule has 26 heavy (non-hydrogen) atoms. The Balaban J connectivity index is 1.48. The SMILES string of the molecule is O=C(COc1cccc2ccccc12)N(Cc1ccco1)C1CCCC1. The highest BCUT2D eigenvalue weighted by Gasteiger charge is 2.27. The van der Waals surface area contributed by atoms with Crippen LogP contribution in [-0.4, -0.2) is 23.5 Å². The summed E-state index contributed by atoms with van der Waals surface area (Å²) in [5, 5.41) is 2.14. The molecule has 1 saturated carbocycles. The average molecular weight is 349 g/mol. The maximum atomic E-state index is 12.9. The number of carbonyl (C=O) groups excluding carboxylic acids is 1. The van der Waals surface area contributed by atoms with Crippen molar-refractivity contribution in [1.82, 2.24) is 4.90 Å².